The first-order valence-electron chi connectivity index (χ1n) is 9.84. The first-order chi connectivity index (χ1) is 13.2. The quantitative estimate of drug-likeness (QED) is 0.851. The summed E-state index contributed by atoms with van der Waals surface area (Å²) in [6.45, 7) is 2.70. The number of fused-ring (bicyclic) bond motifs is 1. The van der Waals surface area contributed by atoms with Gasteiger partial charge in [-0.05, 0) is 31.7 Å². The van der Waals surface area contributed by atoms with Gasteiger partial charge in [0.2, 0.25) is 5.91 Å². The minimum absolute atomic E-state index is 0.0781. The lowest BCUT2D eigenvalue weighted by Crippen LogP contribution is -2.46. The second-order valence-corrected chi connectivity index (χ2v) is 7.60. The van der Waals surface area contributed by atoms with Crippen LogP contribution in [0.2, 0.25) is 0 Å². The molecule has 6 heteroatoms. The zero-order valence-corrected chi connectivity index (χ0v) is 15.8. The molecular formula is C21H27N3O3. The predicted octanol–water partition coefficient (Wildman–Crippen LogP) is 2.42. The molecule has 2 heterocycles. The number of nitrogens with one attached hydrogen (secondary N) is 1. The molecule has 2 aromatic rings. The Hall–Kier alpha value is -2.34. The van der Waals surface area contributed by atoms with Crippen LogP contribution in [0.1, 0.15) is 36.0 Å². The SMILES string of the molecule is COCCn1cc(C(=O)N2CCC(NC(=O)C3CC3)CC2)c2ccccc21. The highest BCUT2D eigenvalue weighted by molar-refractivity contribution is 6.07. The normalized spacial score (nSPS) is 18.0. The molecule has 0 unspecified atom stereocenters. The van der Waals surface area contributed by atoms with E-state index in [9.17, 15) is 9.59 Å². The third kappa shape index (κ3) is 3.86. The summed E-state index contributed by atoms with van der Waals surface area (Å²) in [5.74, 6) is 0.512. The molecule has 0 bridgehead atoms. The van der Waals surface area contributed by atoms with Crippen LogP contribution in [0.25, 0.3) is 10.9 Å². The fourth-order valence-electron chi connectivity index (χ4n) is 3.85. The first kappa shape index (κ1) is 18.0. The summed E-state index contributed by atoms with van der Waals surface area (Å²) in [6, 6.07) is 8.22. The van der Waals surface area contributed by atoms with Crippen LogP contribution in [-0.2, 0) is 16.1 Å². The number of methoxy groups -OCH3 is 1. The predicted molar refractivity (Wildman–Crippen MR) is 104 cm³/mol. The zero-order valence-electron chi connectivity index (χ0n) is 15.8. The smallest absolute Gasteiger partial charge is 0.256 e. The van der Waals surface area contributed by atoms with Crippen molar-refractivity contribution < 1.29 is 14.3 Å². The number of hydrogen-bond donors (Lipinski definition) is 1. The lowest BCUT2D eigenvalue weighted by atomic mass is 10.0. The molecule has 144 valence electrons. The topological polar surface area (TPSA) is 63.6 Å². The summed E-state index contributed by atoms with van der Waals surface area (Å²) in [5, 5.41) is 4.13. The molecule has 1 aromatic carbocycles. The van der Waals surface area contributed by atoms with Crippen molar-refractivity contribution in [3.8, 4) is 0 Å². The van der Waals surface area contributed by atoms with Gasteiger partial charge in [-0.3, -0.25) is 9.59 Å². The number of rotatable bonds is 6. The molecule has 1 saturated carbocycles. The molecule has 0 spiro atoms. The minimum Gasteiger partial charge on any atom is -0.383 e. The molecule has 4 rings (SSSR count). The molecule has 27 heavy (non-hydrogen) atoms. The number of piperidine rings is 1. The molecule has 1 aromatic heterocycles. The van der Waals surface area contributed by atoms with Crippen LogP contribution in [0.4, 0.5) is 0 Å². The number of amides is 2. The second kappa shape index (κ2) is 7.72. The zero-order chi connectivity index (χ0) is 18.8. The molecule has 2 amide bonds. The molecule has 2 aliphatic rings. The van der Waals surface area contributed by atoms with Gasteiger partial charge in [-0.2, -0.15) is 0 Å². The minimum atomic E-state index is 0.0781. The Labute approximate surface area is 159 Å². The van der Waals surface area contributed by atoms with E-state index >= 15 is 0 Å². The maximum absolute atomic E-state index is 13.1. The van der Waals surface area contributed by atoms with E-state index in [-0.39, 0.29) is 23.8 Å². The third-order valence-electron chi connectivity index (χ3n) is 5.63. The van der Waals surface area contributed by atoms with Gasteiger partial charge in [0.25, 0.3) is 5.91 Å². The van der Waals surface area contributed by atoms with Crippen molar-refractivity contribution in [1.29, 1.82) is 0 Å². The summed E-state index contributed by atoms with van der Waals surface area (Å²) < 4.78 is 7.29. The highest BCUT2D eigenvalue weighted by Crippen LogP contribution is 2.29. The Morgan fingerprint density at radius 2 is 1.89 bits per heavy atom. The largest absolute Gasteiger partial charge is 0.383 e. The molecule has 1 saturated heterocycles. The summed E-state index contributed by atoms with van der Waals surface area (Å²) >= 11 is 0. The summed E-state index contributed by atoms with van der Waals surface area (Å²) in [4.78, 5) is 27.0. The first-order valence-corrected chi connectivity index (χ1v) is 9.84. The Kier molecular flexibility index (Phi) is 5.16. The van der Waals surface area contributed by atoms with E-state index in [2.05, 4.69) is 9.88 Å². The van der Waals surface area contributed by atoms with Crippen LogP contribution in [0.15, 0.2) is 30.5 Å². The number of ether oxygens (including phenoxy) is 1. The van der Waals surface area contributed by atoms with E-state index in [0.717, 1.165) is 48.7 Å². The van der Waals surface area contributed by atoms with Gasteiger partial charge < -0.3 is 19.5 Å². The number of carbonyl (C=O) groups is 2. The Balaban J connectivity index is 1.44. The number of carbonyl (C=O) groups excluding carboxylic acids is 2. The number of likely N-dealkylation sites (tertiary alicyclic amines) is 1. The lowest BCUT2D eigenvalue weighted by Gasteiger charge is -2.32. The van der Waals surface area contributed by atoms with Crippen LogP contribution in [0, 0.1) is 5.92 Å². The summed E-state index contributed by atoms with van der Waals surface area (Å²) in [6.07, 6.45) is 5.65. The molecule has 6 nitrogen and oxygen atoms in total. The maximum atomic E-state index is 13.1. The molecule has 1 aliphatic heterocycles. The highest BCUT2D eigenvalue weighted by atomic mass is 16.5. The van der Waals surface area contributed by atoms with E-state index in [1.165, 1.54) is 0 Å². The average molecular weight is 369 g/mol. The van der Waals surface area contributed by atoms with Gasteiger partial charge in [-0.25, -0.2) is 0 Å². The average Bonchev–Trinajstić information content (AvgIpc) is 3.49. The third-order valence-corrected chi connectivity index (χ3v) is 5.63. The molecular weight excluding hydrogens is 342 g/mol. The van der Waals surface area contributed by atoms with Crippen LogP contribution in [0.3, 0.4) is 0 Å². The number of hydrogen-bond acceptors (Lipinski definition) is 3. The molecule has 0 atom stereocenters. The Morgan fingerprint density at radius 1 is 1.15 bits per heavy atom. The standard InChI is InChI=1S/C21H27N3O3/c1-27-13-12-24-14-18(17-4-2-3-5-19(17)24)21(26)23-10-8-16(9-11-23)22-20(25)15-6-7-15/h2-5,14-16H,6-13H2,1H3,(H,22,25). The van der Waals surface area contributed by atoms with E-state index in [0.29, 0.717) is 19.7 Å². The van der Waals surface area contributed by atoms with Gasteiger partial charge in [0.15, 0.2) is 0 Å². The van der Waals surface area contributed by atoms with Crippen molar-refractivity contribution in [2.45, 2.75) is 38.3 Å². The van der Waals surface area contributed by atoms with Crippen molar-refractivity contribution in [1.82, 2.24) is 14.8 Å². The molecule has 2 fully saturated rings. The van der Waals surface area contributed by atoms with Crippen molar-refractivity contribution in [3.63, 3.8) is 0 Å². The van der Waals surface area contributed by atoms with Crippen LogP contribution in [-0.4, -0.2) is 54.1 Å². The summed E-state index contributed by atoms with van der Waals surface area (Å²) in [5.41, 5.74) is 1.81. The van der Waals surface area contributed by atoms with Gasteiger partial charge in [0.05, 0.1) is 12.2 Å². The van der Waals surface area contributed by atoms with Gasteiger partial charge in [0, 0.05) is 55.8 Å². The van der Waals surface area contributed by atoms with Crippen LogP contribution in [0.5, 0.6) is 0 Å². The molecule has 0 radical (unpaired) electrons. The van der Waals surface area contributed by atoms with Crippen LogP contribution < -0.4 is 5.32 Å². The number of nitrogens with zero attached hydrogens (tertiary/aromatic N) is 2. The Morgan fingerprint density at radius 3 is 2.59 bits per heavy atom. The van der Waals surface area contributed by atoms with Gasteiger partial charge >= 0.3 is 0 Å². The Bertz CT molecular complexity index is 832. The van der Waals surface area contributed by atoms with Crippen molar-refractivity contribution in [3.05, 3.63) is 36.0 Å². The van der Waals surface area contributed by atoms with Crippen molar-refractivity contribution in [2.75, 3.05) is 26.8 Å². The lowest BCUT2D eigenvalue weighted by molar-refractivity contribution is -0.123. The maximum Gasteiger partial charge on any atom is 0.256 e. The highest BCUT2D eigenvalue weighted by Gasteiger charge is 2.32. The monoisotopic (exact) mass is 369 g/mol. The fraction of sp³-hybridized carbons (Fsp3) is 0.524. The molecule has 1 N–H and O–H groups in total. The van der Waals surface area contributed by atoms with Crippen molar-refractivity contribution in [2.24, 2.45) is 5.92 Å². The number of aromatic nitrogens is 1. The van der Waals surface area contributed by atoms with E-state index in [1.54, 1.807) is 7.11 Å². The summed E-state index contributed by atoms with van der Waals surface area (Å²) in [7, 11) is 1.68. The van der Waals surface area contributed by atoms with E-state index in [1.807, 2.05) is 35.4 Å². The fourth-order valence-corrected chi connectivity index (χ4v) is 3.85. The van der Waals surface area contributed by atoms with Crippen molar-refractivity contribution >= 4 is 22.7 Å². The van der Waals surface area contributed by atoms with Gasteiger partial charge in [0.1, 0.15) is 0 Å². The van der Waals surface area contributed by atoms with E-state index in [4.69, 9.17) is 4.74 Å². The van der Waals surface area contributed by atoms with Crippen LogP contribution >= 0.6 is 0 Å². The molecule has 1 aliphatic carbocycles. The van der Waals surface area contributed by atoms with E-state index < -0.39 is 0 Å². The number of para-hydroxylation sites is 1. The number of benzene rings is 1. The second-order valence-electron chi connectivity index (χ2n) is 7.60. The van der Waals surface area contributed by atoms with Gasteiger partial charge in [-0.15, -0.1) is 0 Å². The van der Waals surface area contributed by atoms with Gasteiger partial charge in [-0.1, -0.05) is 18.2 Å².